The SMILES string of the molecule is CCOc1ccc(/C(O)=C2\C(=O)C(=O)N(Cc3ccncc3)C2c2ccc(OCc3ccccc3)c(OCC)c2)cc1. The van der Waals surface area contributed by atoms with Crippen molar-refractivity contribution in [3.8, 4) is 17.2 Å². The van der Waals surface area contributed by atoms with Crippen LogP contribution in [-0.4, -0.2) is 39.9 Å². The summed E-state index contributed by atoms with van der Waals surface area (Å²) in [5, 5.41) is 11.5. The molecule has 3 aromatic carbocycles. The Morgan fingerprint density at radius 3 is 2.21 bits per heavy atom. The molecule has 0 bridgehead atoms. The number of hydrogen-bond donors (Lipinski definition) is 1. The normalized spacial score (nSPS) is 16.0. The lowest BCUT2D eigenvalue weighted by molar-refractivity contribution is -0.140. The summed E-state index contributed by atoms with van der Waals surface area (Å²) in [4.78, 5) is 32.5. The number of ketones is 1. The van der Waals surface area contributed by atoms with Crippen LogP contribution in [0.15, 0.2) is 103 Å². The van der Waals surface area contributed by atoms with E-state index in [-0.39, 0.29) is 17.9 Å². The number of carbonyl (C=O) groups is 2. The van der Waals surface area contributed by atoms with Crippen molar-refractivity contribution in [2.24, 2.45) is 0 Å². The maximum absolute atomic E-state index is 13.5. The molecule has 1 atom stereocenters. The molecule has 0 saturated carbocycles. The average molecular weight is 565 g/mol. The van der Waals surface area contributed by atoms with Gasteiger partial charge in [0.2, 0.25) is 0 Å². The number of aliphatic hydroxyl groups is 1. The van der Waals surface area contributed by atoms with Crippen LogP contribution < -0.4 is 14.2 Å². The van der Waals surface area contributed by atoms with Crippen molar-refractivity contribution in [2.75, 3.05) is 13.2 Å². The third kappa shape index (κ3) is 6.12. The number of amides is 1. The largest absolute Gasteiger partial charge is 0.507 e. The lowest BCUT2D eigenvalue weighted by Crippen LogP contribution is -2.29. The molecule has 1 aromatic heterocycles. The highest BCUT2D eigenvalue weighted by Gasteiger charge is 2.46. The predicted octanol–water partition coefficient (Wildman–Crippen LogP) is 6.08. The second-order valence-corrected chi connectivity index (χ2v) is 9.65. The number of nitrogens with zero attached hydrogens (tertiary/aromatic N) is 2. The van der Waals surface area contributed by atoms with E-state index in [2.05, 4.69) is 4.98 Å². The topological polar surface area (TPSA) is 98.2 Å². The minimum absolute atomic E-state index is 0.00128. The molecule has 8 heteroatoms. The second-order valence-electron chi connectivity index (χ2n) is 9.65. The highest BCUT2D eigenvalue weighted by atomic mass is 16.5. The van der Waals surface area contributed by atoms with Crippen molar-refractivity contribution in [3.63, 3.8) is 0 Å². The number of aliphatic hydroxyl groups excluding tert-OH is 1. The van der Waals surface area contributed by atoms with E-state index in [1.807, 2.05) is 44.2 Å². The molecular formula is C34H32N2O6. The molecule has 8 nitrogen and oxygen atoms in total. The third-order valence-electron chi connectivity index (χ3n) is 6.90. The summed E-state index contributed by atoms with van der Waals surface area (Å²) < 4.78 is 17.5. The Labute approximate surface area is 244 Å². The molecule has 1 unspecified atom stereocenters. The monoisotopic (exact) mass is 564 g/mol. The molecule has 2 heterocycles. The summed E-state index contributed by atoms with van der Waals surface area (Å²) >= 11 is 0. The first kappa shape index (κ1) is 28.4. The fourth-order valence-corrected chi connectivity index (χ4v) is 4.92. The van der Waals surface area contributed by atoms with Crippen molar-refractivity contribution in [2.45, 2.75) is 33.0 Å². The molecule has 214 valence electrons. The zero-order chi connectivity index (χ0) is 29.5. The first-order valence-electron chi connectivity index (χ1n) is 13.8. The number of Topliss-reactive ketones (excluding diaryl/α,β-unsaturated/α-hetero) is 1. The van der Waals surface area contributed by atoms with E-state index in [9.17, 15) is 14.7 Å². The highest BCUT2D eigenvalue weighted by molar-refractivity contribution is 6.46. The Hall–Kier alpha value is -5.11. The molecule has 5 rings (SSSR count). The van der Waals surface area contributed by atoms with Crippen molar-refractivity contribution in [1.29, 1.82) is 0 Å². The fourth-order valence-electron chi connectivity index (χ4n) is 4.92. The van der Waals surface area contributed by atoms with Gasteiger partial charge in [0.15, 0.2) is 11.5 Å². The first-order chi connectivity index (χ1) is 20.5. The number of hydrogen-bond acceptors (Lipinski definition) is 7. The van der Waals surface area contributed by atoms with Gasteiger partial charge in [-0.15, -0.1) is 0 Å². The minimum Gasteiger partial charge on any atom is -0.507 e. The van der Waals surface area contributed by atoms with Gasteiger partial charge in [-0.25, -0.2) is 0 Å². The standard InChI is InChI=1S/C34H32N2O6/c1-3-40-27-13-10-25(11-14-27)32(37)30-31(36(34(39)33(30)38)21-23-16-18-35-19-17-23)26-12-15-28(29(20-26)41-4-2)42-22-24-8-6-5-7-9-24/h5-20,31,37H,3-4,21-22H2,1-2H3/b32-30+. The second kappa shape index (κ2) is 13.0. The van der Waals surface area contributed by atoms with Gasteiger partial charge in [-0.3, -0.25) is 14.6 Å². The Kier molecular flexibility index (Phi) is 8.82. The Bertz CT molecular complexity index is 1570. The van der Waals surface area contributed by atoms with E-state index in [1.54, 1.807) is 67.0 Å². The average Bonchev–Trinajstić information content (AvgIpc) is 3.26. The van der Waals surface area contributed by atoms with Gasteiger partial charge in [-0.05, 0) is 79.1 Å². The number of pyridine rings is 1. The number of benzene rings is 3. The van der Waals surface area contributed by atoms with Gasteiger partial charge in [0.1, 0.15) is 18.1 Å². The maximum Gasteiger partial charge on any atom is 0.295 e. The Morgan fingerprint density at radius 1 is 0.810 bits per heavy atom. The van der Waals surface area contributed by atoms with E-state index in [0.29, 0.717) is 48.2 Å². The molecule has 1 aliphatic heterocycles. The zero-order valence-corrected chi connectivity index (χ0v) is 23.5. The first-order valence-corrected chi connectivity index (χ1v) is 13.8. The Balaban J connectivity index is 1.57. The molecule has 1 fully saturated rings. The van der Waals surface area contributed by atoms with Gasteiger partial charge in [-0.2, -0.15) is 0 Å². The summed E-state index contributed by atoms with van der Waals surface area (Å²) in [5.74, 6) is -0.0878. The lowest BCUT2D eigenvalue weighted by Gasteiger charge is -2.26. The van der Waals surface area contributed by atoms with Crippen LogP contribution in [-0.2, 0) is 22.7 Å². The molecule has 4 aromatic rings. The van der Waals surface area contributed by atoms with E-state index in [0.717, 1.165) is 11.1 Å². The molecule has 1 amide bonds. The molecule has 0 spiro atoms. The lowest BCUT2D eigenvalue weighted by atomic mass is 9.94. The van der Waals surface area contributed by atoms with Crippen LogP contribution in [0.4, 0.5) is 0 Å². The van der Waals surface area contributed by atoms with Crippen LogP contribution in [0.5, 0.6) is 17.2 Å². The molecule has 42 heavy (non-hydrogen) atoms. The van der Waals surface area contributed by atoms with Crippen molar-refractivity contribution in [3.05, 3.63) is 125 Å². The summed E-state index contributed by atoms with van der Waals surface area (Å²) in [6, 6.07) is 24.6. The van der Waals surface area contributed by atoms with E-state index < -0.39 is 17.7 Å². The summed E-state index contributed by atoms with van der Waals surface area (Å²) in [7, 11) is 0. The fraction of sp³-hybridized carbons (Fsp3) is 0.206. The van der Waals surface area contributed by atoms with Crippen LogP contribution >= 0.6 is 0 Å². The number of rotatable bonds is 11. The van der Waals surface area contributed by atoms with Gasteiger partial charge in [-0.1, -0.05) is 36.4 Å². The minimum atomic E-state index is -0.868. The number of ether oxygens (including phenoxy) is 3. The predicted molar refractivity (Wildman–Crippen MR) is 158 cm³/mol. The van der Waals surface area contributed by atoms with Gasteiger partial charge < -0.3 is 24.2 Å². The van der Waals surface area contributed by atoms with Crippen LogP contribution in [0, 0.1) is 0 Å². The molecule has 0 radical (unpaired) electrons. The van der Waals surface area contributed by atoms with E-state index in [4.69, 9.17) is 14.2 Å². The third-order valence-corrected chi connectivity index (χ3v) is 6.90. The molecule has 1 saturated heterocycles. The van der Waals surface area contributed by atoms with Crippen LogP contribution in [0.2, 0.25) is 0 Å². The van der Waals surface area contributed by atoms with Crippen molar-refractivity contribution >= 4 is 17.4 Å². The highest BCUT2D eigenvalue weighted by Crippen LogP contribution is 2.43. The Morgan fingerprint density at radius 2 is 1.52 bits per heavy atom. The van der Waals surface area contributed by atoms with E-state index >= 15 is 0 Å². The summed E-state index contributed by atoms with van der Waals surface area (Å²) in [5.41, 5.74) is 2.80. The maximum atomic E-state index is 13.5. The zero-order valence-electron chi connectivity index (χ0n) is 23.5. The van der Waals surface area contributed by atoms with Crippen molar-refractivity contribution in [1.82, 2.24) is 9.88 Å². The molecular weight excluding hydrogens is 532 g/mol. The summed E-state index contributed by atoms with van der Waals surface area (Å²) in [6.45, 7) is 5.13. The van der Waals surface area contributed by atoms with E-state index in [1.165, 1.54) is 4.90 Å². The molecule has 1 aliphatic rings. The molecule has 0 aliphatic carbocycles. The quantitative estimate of drug-likeness (QED) is 0.134. The van der Waals surface area contributed by atoms with Gasteiger partial charge in [0.25, 0.3) is 11.7 Å². The number of carbonyl (C=O) groups excluding carboxylic acids is 2. The van der Waals surface area contributed by atoms with Gasteiger partial charge in [0, 0.05) is 24.5 Å². The summed E-state index contributed by atoms with van der Waals surface area (Å²) in [6.07, 6.45) is 3.26. The number of aromatic nitrogens is 1. The molecule has 1 N–H and O–H groups in total. The van der Waals surface area contributed by atoms with Crippen LogP contribution in [0.1, 0.15) is 42.1 Å². The van der Waals surface area contributed by atoms with Crippen molar-refractivity contribution < 1.29 is 28.9 Å². The smallest absolute Gasteiger partial charge is 0.295 e. The van der Waals surface area contributed by atoms with Crippen LogP contribution in [0.3, 0.4) is 0 Å². The van der Waals surface area contributed by atoms with Gasteiger partial charge >= 0.3 is 0 Å². The number of likely N-dealkylation sites (tertiary alicyclic amines) is 1. The van der Waals surface area contributed by atoms with Crippen LogP contribution in [0.25, 0.3) is 5.76 Å². The van der Waals surface area contributed by atoms with Gasteiger partial charge in [0.05, 0.1) is 24.8 Å².